The minimum Gasteiger partial charge on any atom is -0.316 e. The summed E-state index contributed by atoms with van der Waals surface area (Å²) < 4.78 is 39.6. The van der Waals surface area contributed by atoms with Gasteiger partial charge in [0.2, 0.25) is 0 Å². The molecule has 19 heavy (non-hydrogen) atoms. The molecule has 102 valence electrons. The summed E-state index contributed by atoms with van der Waals surface area (Å²) >= 11 is 0. The predicted octanol–water partition coefficient (Wildman–Crippen LogP) is 1.07. The fourth-order valence-electron chi connectivity index (χ4n) is 1.61. The molecule has 0 saturated heterocycles. The third kappa shape index (κ3) is 3.09. The Morgan fingerprint density at radius 2 is 2.21 bits per heavy atom. The van der Waals surface area contributed by atoms with Gasteiger partial charge in [-0.2, -0.15) is 13.5 Å². The average Bonchev–Trinajstić information content (AvgIpc) is 2.78. The van der Waals surface area contributed by atoms with Crippen LogP contribution in [0.1, 0.15) is 5.56 Å². The molecule has 0 radical (unpaired) electrons. The Morgan fingerprint density at radius 1 is 1.42 bits per heavy atom. The van der Waals surface area contributed by atoms with Crippen LogP contribution in [0.15, 0.2) is 35.5 Å². The van der Waals surface area contributed by atoms with Gasteiger partial charge in [-0.05, 0) is 25.2 Å². The number of aromatic nitrogens is 2. The van der Waals surface area contributed by atoms with Gasteiger partial charge in [0.05, 0.1) is 11.9 Å². The summed E-state index contributed by atoms with van der Waals surface area (Å²) in [5, 5.41) is 8.95. The van der Waals surface area contributed by atoms with Crippen molar-refractivity contribution in [2.24, 2.45) is 0 Å². The van der Waals surface area contributed by atoms with Crippen molar-refractivity contribution in [3.8, 4) is 0 Å². The fourth-order valence-corrected chi connectivity index (χ4v) is 2.79. The second-order valence-electron chi connectivity index (χ2n) is 3.87. The molecule has 1 aromatic heterocycles. The lowest BCUT2D eigenvalue weighted by molar-refractivity contribution is 0.595. The molecule has 2 rings (SSSR count). The molecule has 0 aliphatic heterocycles. The van der Waals surface area contributed by atoms with Crippen molar-refractivity contribution in [3.63, 3.8) is 0 Å². The molecule has 6 nitrogen and oxygen atoms in total. The number of anilines is 1. The summed E-state index contributed by atoms with van der Waals surface area (Å²) in [5.74, 6) is -0.514. The van der Waals surface area contributed by atoms with Gasteiger partial charge in [0, 0.05) is 12.1 Å². The molecular weight excluding hydrogens is 271 g/mol. The minimum atomic E-state index is -3.81. The van der Waals surface area contributed by atoms with Crippen molar-refractivity contribution < 1.29 is 12.8 Å². The van der Waals surface area contributed by atoms with E-state index in [0.717, 1.165) is 6.07 Å². The van der Waals surface area contributed by atoms with Gasteiger partial charge < -0.3 is 5.32 Å². The summed E-state index contributed by atoms with van der Waals surface area (Å²) in [6.45, 7) is 0.357. The molecule has 0 aliphatic rings. The smallest absolute Gasteiger partial charge is 0.279 e. The van der Waals surface area contributed by atoms with Crippen LogP contribution in [0.3, 0.4) is 0 Å². The first kappa shape index (κ1) is 13.5. The summed E-state index contributed by atoms with van der Waals surface area (Å²) in [6, 6.07) is 5.23. The van der Waals surface area contributed by atoms with Crippen molar-refractivity contribution >= 4 is 15.7 Å². The van der Waals surface area contributed by atoms with Crippen molar-refractivity contribution in [1.82, 2.24) is 15.5 Å². The Labute approximate surface area is 110 Å². The van der Waals surface area contributed by atoms with Gasteiger partial charge in [-0.15, -0.1) is 0 Å². The molecular formula is C11H13FN4O2S. The highest BCUT2D eigenvalue weighted by Crippen LogP contribution is 2.17. The highest BCUT2D eigenvalue weighted by molar-refractivity contribution is 7.92. The number of nitrogens with one attached hydrogen (secondary N) is 3. The zero-order valence-corrected chi connectivity index (χ0v) is 11.0. The normalized spacial score (nSPS) is 11.5. The zero-order chi connectivity index (χ0) is 13.9. The van der Waals surface area contributed by atoms with Gasteiger partial charge in [-0.1, -0.05) is 6.07 Å². The van der Waals surface area contributed by atoms with Crippen LogP contribution in [0.4, 0.5) is 10.1 Å². The maximum absolute atomic E-state index is 13.0. The lowest BCUT2D eigenvalue weighted by Gasteiger charge is -2.08. The number of rotatable bonds is 5. The molecule has 0 atom stereocenters. The third-order valence-electron chi connectivity index (χ3n) is 2.39. The zero-order valence-electron chi connectivity index (χ0n) is 10.1. The van der Waals surface area contributed by atoms with Crippen molar-refractivity contribution in [3.05, 3.63) is 41.8 Å². The van der Waals surface area contributed by atoms with Gasteiger partial charge in [-0.25, -0.2) is 4.39 Å². The lowest BCUT2D eigenvalue weighted by atomic mass is 10.3. The maximum Gasteiger partial charge on any atom is 0.279 e. The van der Waals surface area contributed by atoms with Crippen LogP contribution in [0.5, 0.6) is 0 Å². The lowest BCUT2D eigenvalue weighted by Crippen LogP contribution is -2.17. The van der Waals surface area contributed by atoms with Crippen molar-refractivity contribution in [2.45, 2.75) is 11.6 Å². The molecule has 8 heteroatoms. The second-order valence-corrected chi connectivity index (χ2v) is 5.49. The topological polar surface area (TPSA) is 86.9 Å². The Hall–Kier alpha value is -1.93. The quantitative estimate of drug-likeness (QED) is 0.766. The second kappa shape index (κ2) is 5.37. The molecule has 0 aliphatic carbocycles. The van der Waals surface area contributed by atoms with Crippen LogP contribution in [0.25, 0.3) is 0 Å². The van der Waals surface area contributed by atoms with E-state index >= 15 is 0 Å². The Morgan fingerprint density at radius 3 is 2.89 bits per heavy atom. The van der Waals surface area contributed by atoms with E-state index in [1.54, 1.807) is 7.05 Å². The summed E-state index contributed by atoms with van der Waals surface area (Å²) in [5.41, 5.74) is 0.663. The first-order chi connectivity index (χ1) is 9.03. The van der Waals surface area contributed by atoms with E-state index in [9.17, 15) is 12.8 Å². The largest absolute Gasteiger partial charge is 0.316 e. The number of aromatic amines is 1. The minimum absolute atomic E-state index is 0.0360. The highest BCUT2D eigenvalue weighted by Gasteiger charge is 2.20. The molecule has 0 unspecified atom stereocenters. The van der Waals surface area contributed by atoms with E-state index in [2.05, 4.69) is 20.2 Å². The van der Waals surface area contributed by atoms with Gasteiger partial charge in [-0.3, -0.25) is 9.82 Å². The number of sulfonamides is 1. The number of H-pyrrole nitrogens is 1. The summed E-state index contributed by atoms with van der Waals surface area (Å²) in [6.07, 6.45) is 1.43. The summed E-state index contributed by atoms with van der Waals surface area (Å²) in [4.78, 5) is 0. The number of benzene rings is 1. The van der Waals surface area contributed by atoms with E-state index in [0.29, 0.717) is 12.1 Å². The molecule has 0 fully saturated rings. The fraction of sp³-hybridized carbons (Fsp3) is 0.182. The highest BCUT2D eigenvalue weighted by atomic mass is 32.2. The number of hydrogen-bond acceptors (Lipinski definition) is 4. The molecule has 1 aromatic carbocycles. The van der Waals surface area contributed by atoms with Gasteiger partial charge in [0.1, 0.15) is 5.82 Å². The Kier molecular flexibility index (Phi) is 3.82. The number of nitrogens with zero attached hydrogens (tertiary/aromatic N) is 1. The van der Waals surface area contributed by atoms with Crippen LogP contribution in [0, 0.1) is 5.82 Å². The van der Waals surface area contributed by atoms with E-state index in [-0.39, 0.29) is 10.7 Å². The molecule has 0 amide bonds. The molecule has 0 spiro atoms. The molecule has 0 saturated carbocycles. The van der Waals surface area contributed by atoms with Gasteiger partial charge >= 0.3 is 0 Å². The first-order valence-electron chi connectivity index (χ1n) is 5.48. The number of hydrogen-bond donors (Lipinski definition) is 3. The molecule has 3 N–H and O–H groups in total. The van der Waals surface area contributed by atoms with Crippen LogP contribution in [0.2, 0.25) is 0 Å². The predicted molar refractivity (Wildman–Crippen MR) is 68.6 cm³/mol. The first-order valence-corrected chi connectivity index (χ1v) is 6.96. The van der Waals surface area contributed by atoms with Crippen molar-refractivity contribution in [1.29, 1.82) is 0 Å². The van der Waals surface area contributed by atoms with Crippen molar-refractivity contribution in [2.75, 3.05) is 11.8 Å². The third-order valence-corrected chi connectivity index (χ3v) is 3.79. The molecule has 2 aromatic rings. The van der Waals surface area contributed by atoms with E-state index in [1.165, 1.54) is 24.4 Å². The van der Waals surface area contributed by atoms with Crippen LogP contribution in [-0.2, 0) is 16.6 Å². The maximum atomic E-state index is 13.0. The van der Waals surface area contributed by atoms with Crippen LogP contribution >= 0.6 is 0 Å². The van der Waals surface area contributed by atoms with E-state index in [1.807, 2.05) is 0 Å². The van der Waals surface area contributed by atoms with Gasteiger partial charge in [0.15, 0.2) is 5.03 Å². The average molecular weight is 284 g/mol. The molecule has 0 bridgehead atoms. The Balaban J connectivity index is 2.30. The van der Waals surface area contributed by atoms with E-state index < -0.39 is 15.8 Å². The summed E-state index contributed by atoms with van der Waals surface area (Å²) in [7, 11) is -2.12. The SMILES string of the molecule is CNCc1cn[nH]c1S(=O)(=O)Nc1cccc(F)c1. The van der Waals surface area contributed by atoms with Gasteiger partial charge in [0.25, 0.3) is 10.0 Å². The monoisotopic (exact) mass is 284 g/mol. The standard InChI is InChI=1S/C11H13FN4O2S/c1-13-6-8-7-14-15-11(8)19(17,18)16-10-4-2-3-9(12)5-10/h2-5,7,13,16H,6H2,1H3,(H,14,15). The molecule has 1 heterocycles. The van der Waals surface area contributed by atoms with Crippen LogP contribution in [-0.4, -0.2) is 25.7 Å². The number of halogens is 1. The van der Waals surface area contributed by atoms with E-state index in [4.69, 9.17) is 0 Å². The Bertz CT molecular complexity index is 669. The van der Waals surface area contributed by atoms with Crippen LogP contribution < -0.4 is 10.0 Å².